The minimum Gasteiger partial charge on any atom is -0.309 e. The summed E-state index contributed by atoms with van der Waals surface area (Å²) in [6, 6.07) is 4.69. The van der Waals surface area contributed by atoms with Crippen LogP contribution >= 0.6 is 11.3 Å². The molecule has 2 aromatic heterocycles. The lowest BCUT2D eigenvalue weighted by molar-refractivity contribution is 0.542. The number of aromatic nitrogens is 4. The van der Waals surface area contributed by atoms with E-state index in [0.29, 0.717) is 0 Å². The van der Waals surface area contributed by atoms with Crippen LogP contribution in [0.2, 0.25) is 0 Å². The van der Waals surface area contributed by atoms with Crippen LogP contribution < -0.4 is 5.32 Å². The number of hydrogen-bond acceptors (Lipinski definition) is 5. The van der Waals surface area contributed by atoms with Gasteiger partial charge in [0.25, 0.3) is 0 Å². The van der Waals surface area contributed by atoms with Gasteiger partial charge in [-0.05, 0) is 30.3 Å². The van der Waals surface area contributed by atoms with Crippen LogP contribution in [0.4, 0.5) is 0 Å². The Morgan fingerprint density at radius 1 is 1.39 bits per heavy atom. The molecule has 5 nitrogen and oxygen atoms in total. The van der Waals surface area contributed by atoms with E-state index in [1.807, 2.05) is 11.3 Å². The molecule has 2 rings (SSSR count). The zero-order valence-electron chi connectivity index (χ0n) is 11.1. The van der Waals surface area contributed by atoms with Gasteiger partial charge in [0.2, 0.25) is 0 Å². The lowest BCUT2D eigenvalue weighted by Crippen LogP contribution is -2.22. The second kappa shape index (κ2) is 6.06. The highest BCUT2D eigenvalue weighted by atomic mass is 32.1. The first kappa shape index (κ1) is 13.2. The molecule has 0 saturated heterocycles. The monoisotopic (exact) mass is 265 g/mol. The van der Waals surface area contributed by atoms with Gasteiger partial charge in [-0.2, -0.15) is 4.80 Å². The molecule has 0 spiro atoms. The van der Waals surface area contributed by atoms with Crippen LogP contribution in [0.1, 0.15) is 35.5 Å². The normalized spacial score (nSPS) is 12.8. The molecule has 0 aliphatic heterocycles. The van der Waals surface area contributed by atoms with Crippen molar-refractivity contribution < 1.29 is 0 Å². The van der Waals surface area contributed by atoms with E-state index in [1.54, 1.807) is 7.05 Å². The molecule has 2 aromatic rings. The SMILES string of the molecule is CCNC(Cc1nnn(C)n1)c1ccc(CC)s1. The highest BCUT2D eigenvalue weighted by Crippen LogP contribution is 2.25. The molecule has 1 atom stereocenters. The van der Waals surface area contributed by atoms with Gasteiger partial charge in [0.05, 0.1) is 7.05 Å². The van der Waals surface area contributed by atoms with Crippen molar-refractivity contribution in [1.82, 2.24) is 25.5 Å². The van der Waals surface area contributed by atoms with Gasteiger partial charge >= 0.3 is 0 Å². The van der Waals surface area contributed by atoms with E-state index in [0.717, 1.165) is 25.2 Å². The maximum Gasteiger partial charge on any atom is 0.176 e. The van der Waals surface area contributed by atoms with Crippen molar-refractivity contribution in [2.24, 2.45) is 7.05 Å². The molecule has 1 N–H and O–H groups in total. The van der Waals surface area contributed by atoms with Gasteiger partial charge in [-0.3, -0.25) is 0 Å². The van der Waals surface area contributed by atoms with E-state index < -0.39 is 0 Å². The summed E-state index contributed by atoms with van der Waals surface area (Å²) in [5.74, 6) is 0.787. The van der Waals surface area contributed by atoms with E-state index in [2.05, 4.69) is 46.7 Å². The van der Waals surface area contributed by atoms with Crippen molar-refractivity contribution in [3.63, 3.8) is 0 Å². The van der Waals surface area contributed by atoms with Crippen LogP contribution in [0.5, 0.6) is 0 Å². The summed E-state index contributed by atoms with van der Waals surface area (Å²) in [5.41, 5.74) is 0. The maximum absolute atomic E-state index is 4.24. The zero-order valence-corrected chi connectivity index (χ0v) is 11.9. The smallest absolute Gasteiger partial charge is 0.176 e. The molecule has 0 bridgehead atoms. The number of nitrogens with one attached hydrogen (secondary N) is 1. The molecule has 6 heteroatoms. The predicted octanol–water partition coefficient (Wildman–Crippen LogP) is 1.73. The van der Waals surface area contributed by atoms with Gasteiger partial charge in [-0.1, -0.05) is 13.8 Å². The van der Waals surface area contributed by atoms with E-state index in [4.69, 9.17) is 0 Å². The Labute approximate surface area is 111 Å². The van der Waals surface area contributed by atoms with Crippen molar-refractivity contribution in [1.29, 1.82) is 0 Å². The molecule has 2 heterocycles. The van der Waals surface area contributed by atoms with Crippen LogP contribution in [0.3, 0.4) is 0 Å². The van der Waals surface area contributed by atoms with Crippen LogP contribution in [0, 0.1) is 0 Å². The first-order chi connectivity index (χ1) is 8.72. The van der Waals surface area contributed by atoms with E-state index in [1.165, 1.54) is 14.6 Å². The minimum absolute atomic E-state index is 0.282. The molecule has 98 valence electrons. The van der Waals surface area contributed by atoms with Gasteiger partial charge in [0.1, 0.15) is 0 Å². The van der Waals surface area contributed by atoms with E-state index >= 15 is 0 Å². The van der Waals surface area contributed by atoms with Crippen molar-refractivity contribution in [2.45, 2.75) is 32.7 Å². The van der Waals surface area contributed by atoms with Crippen LogP contribution in [-0.2, 0) is 19.9 Å². The molecule has 0 aromatic carbocycles. The number of thiophene rings is 1. The highest BCUT2D eigenvalue weighted by molar-refractivity contribution is 7.12. The van der Waals surface area contributed by atoms with Crippen LogP contribution in [0.25, 0.3) is 0 Å². The predicted molar refractivity (Wildman–Crippen MR) is 72.6 cm³/mol. The second-order valence-electron chi connectivity index (χ2n) is 4.17. The third kappa shape index (κ3) is 3.14. The number of hydrogen-bond donors (Lipinski definition) is 1. The van der Waals surface area contributed by atoms with Gasteiger partial charge in [0.15, 0.2) is 5.82 Å². The summed E-state index contributed by atoms with van der Waals surface area (Å²) in [7, 11) is 1.79. The van der Waals surface area contributed by atoms with Crippen LogP contribution in [0.15, 0.2) is 12.1 Å². The fourth-order valence-electron chi connectivity index (χ4n) is 1.88. The molecule has 0 radical (unpaired) electrons. The average molecular weight is 265 g/mol. The Morgan fingerprint density at radius 2 is 2.22 bits per heavy atom. The summed E-state index contributed by atoms with van der Waals surface area (Å²) in [6.45, 7) is 5.23. The third-order valence-corrected chi connectivity index (χ3v) is 4.10. The molecule has 0 saturated carbocycles. The number of likely N-dealkylation sites (N-methyl/N-ethyl adjacent to an activating group) is 1. The summed E-state index contributed by atoms with van der Waals surface area (Å²) in [4.78, 5) is 4.27. The second-order valence-corrected chi connectivity index (χ2v) is 5.37. The van der Waals surface area contributed by atoms with Crippen molar-refractivity contribution in [2.75, 3.05) is 6.54 Å². The standard InChI is InChI=1S/C12H19N5S/c1-4-9-6-7-11(18-9)10(13-5-2)8-12-14-16-17(3)15-12/h6-7,10,13H,4-5,8H2,1-3H3. The number of tetrazole rings is 1. The largest absolute Gasteiger partial charge is 0.309 e. The zero-order chi connectivity index (χ0) is 13.0. The van der Waals surface area contributed by atoms with Gasteiger partial charge in [0, 0.05) is 22.2 Å². The number of rotatable bonds is 6. The fraction of sp³-hybridized carbons (Fsp3) is 0.583. The van der Waals surface area contributed by atoms with E-state index in [9.17, 15) is 0 Å². The summed E-state index contributed by atoms with van der Waals surface area (Å²) in [5, 5.41) is 15.7. The Balaban J connectivity index is 2.12. The Kier molecular flexibility index (Phi) is 4.43. The Hall–Kier alpha value is -1.27. The van der Waals surface area contributed by atoms with Crippen molar-refractivity contribution in [3.8, 4) is 0 Å². The quantitative estimate of drug-likeness (QED) is 0.864. The summed E-state index contributed by atoms with van der Waals surface area (Å²) >= 11 is 1.86. The van der Waals surface area contributed by atoms with Crippen LogP contribution in [-0.4, -0.2) is 26.8 Å². The molecule has 0 fully saturated rings. The first-order valence-electron chi connectivity index (χ1n) is 6.27. The van der Waals surface area contributed by atoms with Gasteiger partial charge in [-0.15, -0.1) is 21.5 Å². The molecular formula is C12H19N5S. The topological polar surface area (TPSA) is 55.6 Å². The first-order valence-corrected chi connectivity index (χ1v) is 7.09. The number of aryl methyl sites for hydroxylation is 2. The third-order valence-electron chi connectivity index (χ3n) is 2.76. The fourth-order valence-corrected chi connectivity index (χ4v) is 2.91. The number of nitrogens with zero attached hydrogens (tertiary/aromatic N) is 4. The average Bonchev–Trinajstić information content (AvgIpc) is 2.97. The van der Waals surface area contributed by atoms with Gasteiger partial charge in [-0.25, -0.2) is 0 Å². The molecule has 0 aliphatic rings. The minimum atomic E-state index is 0.282. The van der Waals surface area contributed by atoms with Crippen molar-refractivity contribution in [3.05, 3.63) is 27.7 Å². The Bertz CT molecular complexity index is 490. The molecular weight excluding hydrogens is 246 g/mol. The molecule has 0 amide bonds. The molecule has 0 aliphatic carbocycles. The van der Waals surface area contributed by atoms with E-state index in [-0.39, 0.29) is 6.04 Å². The van der Waals surface area contributed by atoms with Crippen molar-refractivity contribution >= 4 is 11.3 Å². The van der Waals surface area contributed by atoms with Gasteiger partial charge < -0.3 is 5.32 Å². The maximum atomic E-state index is 4.24. The summed E-state index contributed by atoms with van der Waals surface area (Å²) in [6.07, 6.45) is 1.87. The molecule has 1 unspecified atom stereocenters. The lowest BCUT2D eigenvalue weighted by atomic mass is 10.1. The summed E-state index contributed by atoms with van der Waals surface area (Å²) < 4.78 is 0. The Morgan fingerprint density at radius 3 is 2.78 bits per heavy atom. The lowest BCUT2D eigenvalue weighted by Gasteiger charge is -2.14. The highest BCUT2D eigenvalue weighted by Gasteiger charge is 2.16. The molecule has 18 heavy (non-hydrogen) atoms.